The van der Waals surface area contributed by atoms with E-state index in [-0.39, 0.29) is 12.2 Å². The number of carbonyl (C=O) groups is 2. The summed E-state index contributed by atoms with van der Waals surface area (Å²) < 4.78 is 5.31. The van der Waals surface area contributed by atoms with Gasteiger partial charge in [-0.05, 0) is 62.7 Å². The highest BCUT2D eigenvalue weighted by Crippen LogP contribution is 2.23. The Hall–Kier alpha value is -2.04. The second-order valence-electron chi connectivity index (χ2n) is 6.88. The van der Waals surface area contributed by atoms with Crippen LogP contribution in [0.15, 0.2) is 48.5 Å². The van der Waals surface area contributed by atoms with Gasteiger partial charge in [0.25, 0.3) is 0 Å². The van der Waals surface area contributed by atoms with E-state index in [0.717, 1.165) is 5.56 Å². The van der Waals surface area contributed by atoms with E-state index in [4.69, 9.17) is 27.9 Å². The lowest BCUT2D eigenvalue weighted by Crippen LogP contribution is -2.35. The van der Waals surface area contributed by atoms with Crippen molar-refractivity contribution in [2.75, 3.05) is 0 Å². The lowest BCUT2D eigenvalue weighted by molar-refractivity contribution is 0.0501. The summed E-state index contributed by atoms with van der Waals surface area (Å²) in [6.45, 7) is 5.34. The number of nitrogens with one attached hydrogen (secondary N) is 1. The third-order valence-corrected chi connectivity index (χ3v) is 4.02. The normalized spacial score (nSPS) is 12.3. The van der Waals surface area contributed by atoms with Gasteiger partial charge in [0.05, 0.1) is 6.04 Å². The fourth-order valence-electron chi connectivity index (χ4n) is 2.34. The molecule has 1 N–H and O–H groups in total. The molecule has 1 amide bonds. The average molecular weight is 394 g/mol. The Balaban J connectivity index is 2.19. The number of amides is 1. The molecule has 1 unspecified atom stereocenters. The molecule has 0 aromatic heterocycles. The van der Waals surface area contributed by atoms with Crippen molar-refractivity contribution in [2.45, 2.75) is 38.8 Å². The minimum atomic E-state index is -0.630. The zero-order chi connectivity index (χ0) is 19.3. The molecular weight excluding hydrogens is 373 g/mol. The Morgan fingerprint density at radius 2 is 1.46 bits per heavy atom. The number of ketones is 1. The fraction of sp³-hybridized carbons (Fsp3) is 0.300. The second kappa shape index (κ2) is 8.56. The molecule has 6 heteroatoms. The van der Waals surface area contributed by atoms with E-state index < -0.39 is 17.7 Å². The average Bonchev–Trinajstić information content (AvgIpc) is 2.53. The monoisotopic (exact) mass is 393 g/mol. The van der Waals surface area contributed by atoms with Crippen LogP contribution < -0.4 is 5.32 Å². The van der Waals surface area contributed by atoms with Crippen molar-refractivity contribution in [2.24, 2.45) is 0 Å². The van der Waals surface area contributed by atoms with Crippen LogP contribution in [-0.4, -0.2) is 17.5 Å². The van der Waals surface area contributed by atoms with Gasteiger partial charge in [-0.1, -0.05) is 35.3 Å². The summed E-state index contributed by atoms with van der Waals surface area (Å²) in [6, 6.07) is 13.1. The van der Waals surface area contributed by atoms with Crippen molar-refractivity contribution in [3.63, 3.8) is 0 Å². The van der Waals surface area contributed by atoms with Crippen molar-refractivity contribution >= 4 is 35.1 Å². The standard InChI is InChI=1S/C20H21Cl2NO3/c1-20(2,3)26-19(25)23-17(13-4-8-15(21)9-5-13)12-18(24)14-6-10-16(22)11-7-14/h4-11,17H,12H2,1-3H3,(H,23,25). The van der Waals surface area contributed by atoms with E-state index in [2.05, 4.69) is 5.32 Å². The first-order valence-electron chi connectivity index (χ1n) is 8.18. The quantitative estimate of drug-likeness (QED) is 0.649. The van der Waals surface area contributed by atoms with Gasteiger partial charge in [0.15, 0.2) is 5.78 Å². The van der Waals surface area contributed by atoms with Crippen molar-refractivity contribution in [3.8, 4) is 0 Å². The molecule has 0 fully saturated rings. The number of benzene rings is 2. The Morgan fingerprint density at radius 1 is 0.962 bits per heavy atom. The van der Waals surface area contributed by atoms with Gasteiger partial charge >= 0.3 is 6.09 Å². The molecule has 2 aromatic rings. The number of alkyl carbamates (subject to hydrolysis) is 1. The minimum Gasteiger partial charge on any atom is -0.444 e. The van der Waals surface area contributed by atoms with Crippen LogP contribution in [0, 0.1) is 0 Å². The molecule has 0 aliphatic rings. The largest absolute Gasteiger partial charge is 0.444 e. The molecule has 2 rings (SSSR count). The number of carbonyl (C=O) groups excluding carboxylic acids is 2. The number of Topliss-reactive ketones (excluding diaryl/α,β-unsaturated/α-hetero) is 1. The van der Waals surface area contributed by atoms with E-state index in [1.165, 1.54) is 0 Å². The Labute approximate surface area is 163 Å². The van der Waals surface area contributed by atoms with Crippen LogP contribution >= 0.6 is 23.2 Å². The minimum absolute atomic E-state index is 0.0858. The van der Waals surface area contributed by atoms with Crippen LogP contribution in [0.1, 0.15) is 49.2 Å². The highest BCUT2D eigenvalue weighted by Gasteiger charge is 2.23. The zero-order valence-corrected chi connectivity index (χ0v) is 16.4. The van der Waals surface area contributed by atoms with Crippen LogP contribution in [-0.2, 0) is 4.74 Å². The lowest BCUT2D eigenvalue weighted by atomic mass is 9.98. The summed E-state index contributed by atoms with van der Waals surface area (Å²) in [4.78, 5) is 24.8. The van der Waals surface area contributed by atoms with Crippen molar-refractivity contribution in [3.05, 3.63) is 69.7 Å². The van der Waals surface area contributed by atoms with Gasteiger partial charge in [-0.25, -0.2) is 4.79 Å². The molecule has 0 radical (unpaired) electrons. The molecule has 0 spiro atoms. The van der Waals surface area contributed by atoms with Gasteiger partial charge in [0, 0.05) is 22.0 Å². The maximum Gasteiger partial charge on any atom is 0.408 e. The highest BCUT2D eigenvalue weighted by atomic mass is 35.5. The maximum absolute atomic E-state index is 12.6. The number of hydrogen-bond donors (Lipinski definition) is 1. The Morgan fingerprint density at radius 3 is 1.96 bits per heavy atom. The van der Waals surface area contributed by atoms with Crippen molar-refractivity contribution in [1.29, 1.82) is 0 Å². The highest BCUT2D eigenvalue weighted by molar-refractivity contribution is 6.30. The lowest BCUT2D eigenvalue weighted by Gasteiger charge is -2.24. The Kier molecular flexibility index (Phi) is 6.68. The van der Waals surface area contributed by atoms with E-state index in [1.807, 2.05) is 0 Å². The fourth-order valence-corrected chi connectivity index (χ4v) is 2.59. The van der Waals surface area contributed by atoms with E-state index in [9.17, 15) is 9.59 Å². The van der Waals surface area contributed by atoms with Crippen LogP contribution in [0.4, 0.5) is 4.79 Å². The zero-order valence-electron chi connectivity index (χ0n) is 14.9. The molecule has 4 nitrogen and oxygen atoms in total. The summed E-state index contributed by atoms with van der Waals surface area (Å²) in [5.41, 5.74) is 0.663. The predicted molar refractivity (Wildman–Crippen MR) is 104 cm³/mol. The molecule has 1 atom stereocenters. The molecule has 0 aliphatic carbocycles. The smallest absolute Gasteiger partial charge is 0.408 e. The molecule has 0 bridgehead atoms. The second-order valence-corrected chi connectivity index (χ2v) is 7.76. The van der Waals surface area contributed by atoms with Gasteiger partial charge in [0.1, 0.15) is 5.60 Å². The third-order valence-electron chi connectivity index (χ3n) is 3.52. The number of ether oxygens (including phenoxy) is 1. The first-order valence-corrected chi connectivity index (χ1v) is 8.93. The van der Waals surface area contributed by atoms with E-state index in [1.54, 1.807) is 69.3 Å². The molecule has 0 aliphatic heterocycles. The molecular formula is C20H21Cl2NO3. The van der Waals surface area contributed by atoms with Gasteiger partial charge in [0.2, 0.25) is 0 Å². The molecule has 2 aromatic carbocycles. The van der Waals surface area contributed by atoms with Crippen LogP contribution in [0.2, 0.25) is 10.0 Å². The maximum atomic E-state index is 12.6. The Bertz CT molecular complexity index is 765. The predicted octanol–water partition coefficient (Wildman–Crippen LogP) is 5.83. The van der Waals surface area contributed by atoms with Gasteiger partial charge in [-0.3, -0.25) is 4.79 Å². The number of halogens is 2. The van der Waals surface area contributed by atoms with Crippen LogP contribution in [0.25, 0.3) is 0 Å². The van der Waals surface area contributed by atoms with Crippen molar-refractivity contribution < 1.29 is 14.3 Å². The summed E-state index contributed by atoms with van der Waals surface area (Å²) in [6.07, 6.45) is -0.496. The van der Waals surface area contributed by atoms with Gasteiger partial charge < -0.3 is 10.1 Å². The summed E-state index contributed by atoms with van der Waals surface area (Å²) >= 11 is 11.8. The van der Waals surface area contributed by atoms with Gasteiger partial charge in [-0.2, -0.15) is 0 Å². The van der Waals surface area contributed by atoms with Crippen LogP contribution in [0.5, 0.6) is 0 Å². The van der Waals surface area contributed by atoms with Crippen LogP contribution in [0.3, 0.4) is 0 Å². The number of hydrogen-bond acceptors (Lipinski definition) is 3. The first kappa shape index (κ1) is 20.3. The van der Waals surface area contributed by atoms with E-state index in [0.29, 0.717) is 15.6 Å². The summed E-state index contributed by atoms with van der Waals surface area (Å²) in [5.74, 6) is -0.113. The van der Waals surface area contributed by atoms with E-state index >= 15 is 0 Å². The van der Waals surface area contributed by atoms with Gasteiger partial charge in [-0.15, -0.1) is 0 Å². The molecule has 0 heterocycles. The molecule has 26 heavy (non-hydrogen) atoms. The number of rotatable bonds is 5. The first-order chi connectivity index (χ1) is 12.1. The SMILES string of the molecule is CC(C)(C)OC(=O)NC(CC(=O)c1ccc(Cl)cc1)c1ccc(Cl)cc1. The summed E-state index contributed by atoms with van der Waals surface area (Å²) in [5, 5.41) is 3.91. The molecule has 0 saturated heterocycles. The molecule has 138 valence electrons. The summed E-state index contributed by atoms with van der Waals surface area (Å²) in [7, 11) is 0. The molecule has 0 saturated carbocycles. The third kappa shape index (κ3) is 6.36. The van der Waals surface area contributed by atoms with Crippen molar-refractivity contribution in [1.82, 2.24) is 5.32 Å². The topological polar surface area (TPSA) is 55.4 Å².